The van der Waals surface area contributed by atoms with Gasteiger partial charge in [-0.2, -0.15) is 0 Å². The number of hydrogen-bond acceptors (Lipinski definition) is 3. The van der Waals surface area contributed by atoms with Gasteiger partial charge in [0.1, 0.15) is 0 Å². The molecule has 3 aromatic rings. The summed E-state index contributed by atoms with van der Waals surface area (Å²) < 4.78 is 28.2. The summed E-state index contributed by atoms with van der Waals surface area (Å²) >= 11 is 0. The predicted molar refractivity (Wildman–Crippen MR) is 113 cm³/mol. The molecule has 0 fully saturated rings. The quantitative estimate of drug-likeness (QED) is 0.591. The van der Waals surface area contributed by atoms with E-state index >= 15 is 0 Å². The van der Waals surface area contributed by atoms with Crippen LogP contribution in [0.4, 0.5) is 0 Å². The van der Waals surface area contributed by atoms with Crippen molar-refractivity contribution in [2.75, 3.05) is 13.1 Å². The average Bonchev–Trinajstić information content (AvgIpc) is 2.75. The Balaban J connectivity index is 1.83. The van der Waals surface area contributed by atoms with Crippen LogP contribution in [-0.2, 0) is 16.6 Å². The minimum absolute atomic E-state index is 0.0649. The Labute approximate surface area is 167 Å². The van der Waals surface area contributed by atoms with Crippen LogP contribution in [0.2, 0.25) is 0 Å². The molecule has 1 N–H and O–H groups in total. The van der Waals surface area contributed by atoms with Crippen molar-refractivity contribution in [3.8, 4) is 0 Å². The molecule has 4 nitrogen and oxygen atoms in total. The molecule has 3 aromatic carbocycles. The minimum Gasteiger partial charge on any atom is -0.291 e. The van der Waals surface area contributed by atoms with E-state index in [0.29, 0.717) is 6.54 Å². The van der Waals surface area contributed by atoms with Crippen LogP contribution in [0.1, 0.15) is 24.1 Å². The van der Waals surface area contributed by atoms with Crippen LogP contribution in [0.15, 0.2) is 95.9 Å². The monoisotopic (exact) mass is 394 g/mol. The molecular weight excluding hydrogens is 368 g/mol. The van der Waals surface area contributed by atoms with E-state index in [2.05, 4.69) is 40.8 Å². The second kappa shape index (κ2) is 9.64. The van der Waals surface area contributed by atoms with Gasteiger partial charge in [0, 0.05) is 19.1 Å². The molecule has 0 aliphatic heterocycles. The van der Waals surface area contributed by atoms with Crippen LogP contribution in [0.3, 0.4) is 0 Å². The molecule has 0 unspecified atom stereocenters. The van der Waals surface area contributed by atoms with E-state index < -0.39 is 10.0 Å². The molecule has 0 saturated carbocycles. The van der Waals surface area contributed by atoms with E-state index in [9.17, 15) is 8.42 Å². The minimum atomic E-state index is -3.55. The summed E-state index contributed by atoms with van der Waals surface area (Å²) in [7, 11) is -3.55. The normalized spacial score (nSPS) is 12.8. The molecule has 28 heavy (non-hydrogen) atoms. The van der Waals surface area contributed by atoms with Gasteiger partial charge in [-0.05, 0) is 29.8 Å². The number of nitrogens with zero attached hydrogens (tertiary/aromatic N) is 1. The third-order valence-corrected chi connectivity index (χ3v) is 6.22. The topological polar surface area (TPSA) is 49.4 Å². The number of nitrogens with one attached hydrogen (secondary N) is 1. The molecular formula is C23H26N2O2S. The molecule has 5 heteroatoms. The van der Waals surface area contributed by atoms with Crippen molar-refractivity contribution in [2.24, 2.45) is 0 Å². The lowest BCUT2D eigenvalue weighted by atomic mass is 10.0. The van der Waals surface area contributed by atoms with Gasteiger partial charge in [0.25, 0.3) is 0 Å². The third-order valence-electron chi connectivity index (χ3n) is 4.78. The molecule has 0 heterocycles. The summed E-state index contributed by atoms with van der Waals surface area (Å²) in [6, 6.07) is 28.7. The Morgan fingerprint density at radius 3 is 1.93 bits per heavy atom. The van der Waals surface area contributed by atoms with Crippen molar-refractivity contribution < 1.29 is 8.42 Å². The van der Waals surface area contributed by atoms with Crippen molar-refractivity contribution in [3.63, 3.8) is 0 Å². The van der Waals surface area contributed by atoms with Gasteiger partial charge in [0.2, 0.25) is 10.0 Å². The molecule has 0 bridgehead atoms. The Kier molecular flexibility index (Phi) is 6.98. The second-order valence-electron chi connectivity index (χ2n) is 6.64. The average molecular weight is 395 g/mol. The van der Waals surface area contributed by atoms with Gasteiger partial charge in [-0.25, -0.2) is 13.1 Å². The molecule has 0 aliphatic carbocycles. The molecule has 146 valence electrons. The molecule has 0 radical (unpaired) electrons. The first-order chi connectivity index (χ1) is 13.6. The zero-order chi connectivity index (χ0) is 19.8. The Morgan fingerprint density at radius 1 is 0.821 bits per heavy atom. The number of likely N-dealkylation sites (N-methyl/N-ethyl adjacent to an activating group) is 1. The van der Waals surface area contributed by atoms with Crippen molar-refractivity contribution in [1.82, 2.24) is 9.62 Å². The van der Waals surface area contributed by atoms with E-state index in [4.69, 9.17) is 0 Å². The fourth-order valence-corrected chi connectivity index (χ4v) is 4.32. The van der Waals surface area contributed by atoms with Gasteiger partial charge in [0.15, 0.2) is 0 Å². The van der Waals surface area contributed by atoms with Crippen molar-refractivity contribution in [3.05, 3.63) is 102 Å². The smallest absolute Gasteiger partial charge is 0.240 e. The fourth-order valence-electron chi connectivity index (χ4n) is 3.26. The predicted octanol–water partition coefficient (Wildman–Crippen LogP) is 4.23. The van der Waals surface area contributed by atoms with Crippen LogP contribution in [0.25, 0.3) is 0 Å². The molecule has 1 atom stereocenters. The Bertz CT molecular complexity index is 946. The molecule has 3 rings (SSSR count). The van der Waals surface area contributed by atoms with Crippen molar-refractivity contribution in [1.29, 1.82) is 0 Å². The van der Waals surface area contributed by atoms with Gasteiger partial charge in [-0.15, -0.1) is 0 Å². The van der Waals surface area contributed by atoms with Crippen LogP contribution >= 0.6 is 0 Å². The van der Waals surface area contributed by atoms with Gasteiger partial charge < -0.3 is 0 Å². The Morgan fingerprint density at radius 2 is 1.36 bits per heavy atom. The highest BCUT2D eigenvalue weighted by molar-refractivity contribution is 7.89. The lowest BCUT2D eigenvalue weighted by Crippen LogP contribution is -2.37. The SMILES string of the molecule is CCN(Cc1ccccc1)[C@@H](CNS(=O)(=O)c1ccccc1)c1ccccc1. The number of benzene rings is 3. The summed E-state index contributed by atoms with van der Waals surface area (Å²) in [5, 5.41) is 0. The molecule has 0 aliphatic rings. The zero-order valence-electron chi connectivity index (χ0n) is 16.0. The first-order valence-electron chi connectivity index (χ1n) is 9.48. The maximum atomic E-state index is 12.7. The van der Waals surface area contributed by atoms with Crippen molar-refractivity contribution in [2.45, 2.75) is 24.4 Å². The first kappa shape index (κ1) is 20.3. The maximum absolute atomic E-state index is 12.7. The summed E-state index contributed by atoms with van der Waals surface area (Å²) in [6.45, 7) is 3.97. The summed E-state index contributed by atoms with van der Waals surface area (Å²) in [5.74, 6) is 0. The van der Waals surface area contributed by atoms with E-state index in [0.717, 1.165) is 18.7 Å². The summed E-state index contributed by atoms with van der Waals surface area (Å²) in [5.41, 5.74) is 2.30. The largest absolute Gasteiger partial charge is 0.291 e. The van der Waals surface area contributed by atoms with E-state index in [1.807, 2.05) is 42.5 Å². The Hall–Kier alpha value is -2.47. The van der Waals surface area contributed by atoms with Gasteiger partial charge in [0.05, 0.1) is 4.90 Å². The molecule has 0 saturated heterocycles. The van der Waals surface area contributed by atoms with Crippen LogP contribution in [0.5, 0.6) is 0 Å². The zero-order valence-corrected chi connectivity index (χ0v) is 16.8. The highest BCUT2D eigenvalue weighted by Crippen LogP contribution is 2.23. The van der Waals surface area contributed by atoms with Crippen LogP contribution in [-0.4, -0.2) is 26.4 Å². The molecule has 0 spiro atoms. The van der Waals surface area contributed by atoms with Gasteiger partial charge in [-0.1, -0.05) is 85.8 Å². The summed E-state index contributed by atoms with van der Waals surface area (Å²) in [4.78, 5) is 2.57. The number of rotatable bonds is 9. The number of hydrogen-bond donors (Lipinski definition) is 1. The lowest BCUT2D eigenvalue weighted by molar-refractivity contribution is 0.199. The lowest BCUT2D eigenvalue weighted by Gasteiger charge is -2.31. The highest BCUT2D eigenvalue weighted by atomic mass is 32.2. The number of sulfonamides is 1. The van der Waals surface area contributed by atoms with Crippen molar-refractivity contribution >= 4 is 10.0 Å². The van der Waals surface area contributed by atoms with E-state index in [-0.39, 0.29) is 10.9 Å². The third kappa shape index (κ3) is 5.29. The highest BCUT2D eigenvalue weighted by Gasteiger charge is 2.22. The first-order valence-corrected chi connectivity index (χ1v) is 11.0. The molecule has 0 aromatic heterocycles. The maximum Gasteiger partial charge on any atom is 0.240 e. The summed E-state index contributed by atoms with van der Waals surface area (Å²) in [6.07, 6.45) is 0. The van der Waals surface area contributed by atoms with Gasteiger partial charge >= 0.3 is 0 Å². The fraction of sp³-hybridized carbons (Fsp3) is 0.217. The van der Waals surface area contributed by atoms with E-state index in [1.165, 1.54) is 5.56 Å². The van der Waals surface area contributed by atoms with E-state index in [1.54, 1.807) is 24.3 Å². The van der Waals surface area contributed by atoms with Crippen LogP contribution < -0.4 is 4.72 Å². The van der Waals surface area contributed by atoms with Crippen LogP contribution in [0, 0.1) is 0 Å². The van der Waals surface area contributed by atoms with Gasteiger partial charge in [-0.3, -0.25) is 4.90 Å². The molecule has 0 amide bonds. The standard InChI is InChI=1S/C23H26N2O2S/c1-2-25(19-20-12-6-3-7-13-20)23(21-14-8-4-9-15-21)18-24-28(26,27)22-16-10-5-11-17-22/h3-17,23-24H,2,18-19H2,1H3/t23-/m0/s1. The second-order valence-corrected chi connectivity index (χ2v) is 8.41.